The fourth-order valence-electron chi connectivity index (χ4n) is 2.74. The molecule has 20 heavy (non-hydrogen) atoms. The molecule has 3 nitrogen and oxygen atoms in total. The molecule has 1 fully saturated rings. The number of piperidine rings is 1. The fraction of sp³-hybridized carbons (Fsp3) is 0.812. The molecule has 1 aliphatic heterocycles. The predicted octanol–water partition coefficient (Wildman–Crippen LogP) is 3.86. The van der Waals surface area contributed by atoms with Gasteiger partial charge in [0, 0.05) is 24.5 Å². The SMILES string of the molecule is CCNCc1sc(N2CCC(C)C(C)C2)nc1C(C)C. The number of nitrogens with one attached hydrogen (secondary N) is 1. The van der Waals surface area contributed by atoms with Crippen LogP contribution < -0.4 is 10.2 Å². The van der Waals surface area contributed by atoms with E-state index in [4.69, 9.17) is 4.98 Å². The van der Waals surface area contributed by atoms with Gasteiger partial charge >= 0.3 is 0 Å². The number of aromatic nitrogens is 1. The van der Waals surface area contributed by atoms with Crippen molar-refractivity contribution in [2.75, 3.05) is 24.5 Å². The smallest absolute Gasteiger partial charge is 0.185 e. The van der Waals surface area contributed by atoms with Gasteiger partial charge in [0.1, 0.15) is 0 Å². The van der Waals surface area contributed by atoms with Crippen molar-refractivity contribution in [2.45, 2.75) is 53.5 Å². The second kappa shape index (κ2) is 6.90. The lowest BCUT2D eigenvalue weighted by Crippen LogP contribution is -2.38. The van der Waals surface area contributed by atoms with Gasteiger partial charge in [-0.15, -0.1) is 11.3 Å². The summed E-state index contributed by atoms with van der Waals surface area (Å²) in [6.07, 6.45) is 1.29. The summed E-state index contributed by atoms with van der Waals surface area (Å²) in [6.45, 7) is 15.7. The Morgan fingerprint density at radius 3 is 2.70 bits per heavy atom. The third-order valence-electron chi connectivity index (χ3n) is 4.40. The lowest BCUT2D eigenvalue weighted by atomic mass is 9.89. The van der Waals surface area contributed by atoms with Crippen molar-refractivity contribution >= 4 is 16.5 Å². The second-order valence-corrected chi connectivity index (χ2v) is 7.49. The average molecular weight is 295 g/mol. The molecule has 0 amide bonds. The average Bonchev–Trinajstić information content (AvgIpc) is 2.84. The number of rotatable bonds is 5. The first-order chi connectivity index (χ1) is 9.52. The van der Waals surface area contributed by atoms with Crippen LogP contribution in [-0.2, 0) is 6.54 Å². The summed E-state index contributed by atoms with van der Waals surface area (Å²) in [5.41, 5.74) is 1.29. The van der Waals surface area contributed by atoms with Crippen LogP contribution in [0.25, 0.3) is 0 Å². The molecule has 1 aliphatic rings. The maximum atomic E-state index is 4.95. The molecular weight excluding hydrogens is 266 g/mol. The van der Waals surface area contributed by atoms with Crippen LogP contribution in [0.4, 0.5) is 5.13 Å². The Morgan fingerprint density at radius 1 is 1.35 bits per heavy atom. The Morgan fingerprint density at radius 2 is 2.10 bits per heavy atom. The van der Waals surface area contributed by atoms with E-state index >= 15 is 0 Å². The van der Waals surface area contributed by atoms with Crippen LogP contribution in [0.5, 0.6) is 0 Å². The van der Waals surface area contributed by atoms with E-state index in [0.29, 0.717) is 5.92 Å². The van der Waals surface area contributed by atoms with Crippen molar-refractivity contribution in [1.82, 2.24) is 10.3 Å². The van der Waals surface area contributed by atoms with Crippen molar-refractivity contribution in [2.24, 2.45) is 11.8 Å². The normalized spacial score (nSPS) is 23.6. The molecule has 2 unspecified atom stereocenters. The first kappa shape index (κ1) is 15.8. The van der Waals surface area contributed by atoms with Crippen LogP contribution in [0.1, 0.15) is 57.5 Å². The van der Waals surface area contributed by atoms with Crippen molar-refractivity contribution in [3.8, 4) is 0 Å². The molecule has 4 heteroatoms. The molecule has 0 bridgehead atoms. The maximum Gasteiger partial charge on any atom is 0.185 e. The minimum Gasteiger partial charge on any atom is -0.348 e. The molecule has 1 aromatic heterocycles. The number of anilines is 1. The number of hydrogen-bond donors (Lipinski definition) is 1. The van der Waals surface area contributed by atoms with Gasteiger partial charge in [-0.25, -0.2) is 4.98 Å². The van der Waals surface area contributed by atoms with Crippen molar-refractivity contribution < 1.29 is 0 Å². The summed E-state index contributed by atoms with van der Waals surface area (Å²) in [5.74, 6) is 2.12. The molecule has 2 heterocycles. The third-order valence-corrected chi connectivity index (χ3v) is 5.54. The van der Waals surface area contributed by atoms with Crippen LogP contribution in [0.3, 0.4) is 0 Å². The van der Waals surface area contributed by atoms with Gasteiger partial charge in [-0.3, -0.25) is 0 Å². The molecule has 1 saturated heterocycles. The van der Waals surface area contributed by atoms with Crippen molar-refractivity contribution in [1.29, 1.82) is 0 Å². The number of hydrogen-bond acceptors (Lipinski definition) is 4. The summed E-state index contributed by atoms with van der Waals surface area (Å²) in [5, 5.41) is 4.68. The molecule has 114 valence electrons. The minimum absolute atomic E-state index is 0.509. The van der Waals surface area contributed by atoms with Gasteiger partial charge < -0.3 is 10.2 Å². The van der Waals surface area contributed by atoms with Gasteiger partial charge in [-0.1, -0.05) is 34.6 Å². The lowest BCUT2D eigenvalue weighted by molar-refractivity contribution is 0.323. The van der Waals surface area contributed by atoms with E-state index in [2.05, 4.69) is 44.8 Å². The Kier molecular flexibility index (Phi) is 5.44. The van der Waals surface area contributed by atoms with Crippen LogP contribution in [0.15, 0.2) is 0 Å². The number of nitrogens with zero attached hydrogens (tertiary/aromatic N) is 2. The third kappa shape index (κ3) is 3.53. The van der Waals surface area contributed by atoms with Gasteiger partial charge in [0.25, 0.3) is 0 Å². The maximum absolute atomic E-state index is 4.95. The lowest BCUT2D eigenvalue weighted by Gasteiger charge is -2.35. The van der Waals surface area contributed by atoms with Crippen LogP contribution in [-0.4, -0.2) is 24.6 Å². The van der Waals surface area contributed by atoms with Gasteiger partial charge in [-0.05, 0) is 30.7 Å². The van der Waals surface area contributed by atoms with Crippen LogP contribution in [0, 0.1) is 11.8 Å². The molecule has 1 aromatic rings. The zero-order valence-electron chi connectivity index (χ0n) is 13.6. The summed E-state index contributed by atoms with van der Waals surface area (Å²) in [6, 6.07) is 0. The highest BCUT2D eigenvalue weighted by Gasteiger charge is 2.25. The zero-order chi connectivity index (χ0) is 14.7. The molecule has 1 N–H and O–H groups in total. The van der Waals surface area contributed by atoms with Gasteiger partial charge in [0.2, 0.25) is 0 Å². The van der Waals surface area contributed by atoms with Crippen LogP contribution in [0.2, 0.25) is 0 Å². The van der Waals surface area contributed by atoms with E-state index in [1.54, 1.807) is 0 Å². The second-order valence-electron chi connectivity index (χ2n) is 6.43. The summed E-state index contributed by atoms with van der Waals surface area (Å²) in [4.78, 5) is 8.87. The van der Waals surface area contributed by atoms with Crippen molar-refractivity contribution in [3.05, 3.63) is 10.6 Å². The molecule has 2 atom stereocenters. The Labute approximate surface area is 127 Å². The van der Waals surface area contributed by atoms with E-state index in [0.717, 1.165) is 38.0 Å². The van der Waals surface area contributed by atoms with Gasteiger partial charge in [-0.2, -0.15) is 0 Å². The summed E-state index contributed by atoms with van der Waals surface area (Å²) >= 11 is 1.89. The van der Waals surface area contributed by atoms with E-state index < -0.39 is 0 Å². The molecular formula is C16H29N3S. The van der Waals surface area contributed by atoms with Gasteiger partial charge in [0.05, 0.1) is 5.69 Å². The molecule has 0 saturated carbocycles. The molecule has 2 rings (SSSR count). The molecule has 0 spiro atoms. The van der Waals surface area contributed by atoms with E-state index in [1.807, 2.05) is 11.3 Å². The fourth-order valence-corrected chi connectivity index (χ4v) is 3.96. The van der Waals surface area contributed by atoms with Crippen molar-refractivity contribution in [3.63, 3.8) is 0 Å². The van der Waals surface area contributed by atoms with E-state index in [1.165, 1.54) is 22.1 Å². The largest absolute Gasteiger partial charge is 0.348 e. The minimum atomic E-state index is 0.509. The highest BCUT2D eigenvalue weighted by molar-refractivity contribution is 7.15. The standard InChI is InChI=1S/C16H29N3S/c1-6-17-9-14-15(11(2)3)18-16(20-14)19-8-7-12(4)13(5)10-19/h11-13,17H,6-10H2,1-5H3. The Hall–Kier alpha value is -0.610. The Bertz CT molecular complexity index is 427. The Balaban J connectivity index is 2.15. The van der Waals surface area contributed by atoms with E-state index in [-0.39, 0.29) is 0 Å². The first-order valence-corrected chi connectivity index (χ1v) is 8.79. The summed E-state index contributed by atoms with van der Waals surface area (Å²) in [7, 11) is 0. The van der Waals surface area contributed by atoms with E-state index in [9.17, 15) is 0 Å². The zero-order valence-corrected chi connectivity index (χ0v) is 14.4. The quantitative estimate of drug-likeness (QED) is 0.894. The molecule has 0 aliphatic carbocycles. The topological polar surface area (TPSA) is 28.2 Å². The number of thiazole rings is 1. The highest BCUT2D eigenvalue weighted by Crippen LogP contribution is 2.34. The monoisotopic (exact) mass is 295 g/mol. The van der Waals surface area contributed by atoms with Crippen LogP contribution >= 0.6 is 11.3 Å². The summed E-state index contributed by atoms with van der Waals surface area (Å²) < 4.78 is 0. The predicted molar refractivity (Wildman–Crippen MR) is 88.7 cm³/mol. The van der Waals surface area contributed by atoms with Gasteiger partial charge in [0.15, 0.2) is 5.13 Å². The molecule has 0 radical (unpaired) electrons. The molecule has 0 aromatic carbocycles. The first-order valence-electron chi connectivity index (χ1n) is 7.98. The highest BCUT2D eigenvalue weighted by atomic mass is 32.1.